The second-order valence-electron chi connectivity index (χ2n) is 4.15. The van der Waals surface area contributed by atoms with Gasteiger partial charge >= 0.3 is 0 Å². The quantitative estimate of drug-likeness (QED) is 0.894. The topological polar surface area (TPSA) is 21.3 Å². The maximum atomic E-state index is 13.8. The zero-order valence-electron chi connectivity index (χ0n) is 10.9. The Morgan fingerprint density at radius 1 is 0.950 bits per heavy atom. The van der Waals surface area contributed by atoms with Crippen LogP contribution in [-0.4, -0.2) is 6.54 Å². The average molecular weight is 281 g/mol. The predicted octanol–water partition coefficient (Wildman–Crippen LogP) is 4.01. The van der Waals surface area contributed by atoms with Crippen LogP contribution in [0.25, 0.3) is 0 Å². The van der Waals surface area contributed by atoms with Gasteiger partial charge in [0.2, 0.25) is 5.82 Å². The van der Waals surface area contributed by atoms with Crippen molar-refractivity contribution in [2.24, 2.45) is 0 Å². The molecule has 2 nitrogen and oxygen atoms in total. The fraction of sp³-hybridized carbons (Fsp3) is 0.200. The minimum atomic E-state index is -1.09. The van der Waals surface area contributed by atoms with Crippen molar-refractivity contribution in [3.63, 3.8) is 0 Å². The standard InChI is InChI=1S/C15H14F3NO/c1-2-19-9-10-11(16)5-3-7-13(10)20-14-8-4-6-12(17)15(14)18/h3-8,19H,2,9H2,1H3. The zero-order valence-corrected chi connectivity index (χ0v) is 10.9. The van der Waals surface area contributed by atoms with E-state index < -0.39 is 17.5 Å². The van der Waals surface area contributed by atoms with Gasteiger partial charge in [0.25, 0.3) is 0 Å². The summed E-state index contributed by atoms with van der Waals surface area (Å²) in [4.78, 5) is 0. The molecular weight excluding hydrogens is 267 g/mol. The first-order valence-electron chi connectivity index (χ1n) is 6.23. The van der Waals surface area contributed by atoms with Crippen molar-refractivity contribution in [2.45, 2.75) is 13.5 Å². The maximum Gasteiger partial charge on any atom is 0.201 e. The SMILES string of the molecule is CCNCc1c(F)cccc1Oc1cccc(F)c1F. The minimum absolute atomic E-state index is 0.162. The highest BCUT2D eigenvalue weighted by Gasteiger charge is 2.14. The molecule has 0 radical (unpaired) electrons. The van der Waals surface area contributed by atoms with Crippen molar-refractivity contribution < 1.29 is 17.9 Å². The Morgan fingerprint density at radius 2 is 1.60 bits per heavy atom. The van der Waals surface area contributed by atoms with E-state index in [2.05, 4.69) is 5.32 Å². The van der Waals surface area contributed by atoms with Gasteiger partial charge in [0.1, 0.15) is 11.6 Å². The summed E-state index contributed by atoms with van der Waals surface area (Å²) < 4.78 is 45.8. The molecule has 0 aliphatic carbocycles. The summed E-state index contributed by atoms with van der Waals surface area (Å²) in [6.45, 7) is 2.78. The van der Waals surface area contributed by atoms with Crippen molar-refractivity contribution in [3.8, 4) is 11.5 Å². The number of hydrogen-bond donors (Lipinski definition) is 1. The first-order chi connectivity index (χ1) is 9.63. The van der Waals surface area contributed by atoms with Gasteiger partial charge in [0.15, 0.2) is 11.6 Å². The molecule has 0 atom stereocenters. The fourth-order valence-corrected chi connectivity index (χ4v) is 1.74. The maximum absolute atomic E-state index is 13.8. The van der Waals surface area contributed by atoms with E-state index in [0.29, 0.717) is 6.54 Å². The van der Waals surface area contributed by atoms with Crippen LogP contribution in [0, 0.1) is 17.5 Å². The molecule has 0 bridgehead atoms. The highest BCUT2D eigenvalue weighted by atomic mass is 19.2. The second-order valence-corrected chi connectivity index (χ2v) is 4.15. The lowest BCUT2D eigenvalue weighted by Crippen LogP contribution is -2.13. The highest BCUT2D eigenvalue weighted by Crippen LogP contribution is 2.29. The van der Waals surface area contributed by atoms with Crippen LogP contribution in [-0.2, 0) is 6.54 Å². The molecule has 0 aliphatic heterocycles. The van der Waals surface area contributed by atoms with Crippen molar-refractivity contribution in [3.05, 3.63) is 59.4 Å². The summed E-state index contributed by atoms with van der Waals surface area (Å²) in [5.74, 6) is -2.66. The van der Waals surface area contributed by atoms with Gasteiger partial charge in [-0.05, 0) is 30.8 Å². The van der Waals surface area contributed by atoms with E-state index in [9.17, 15) is 13.2 Å². The average Bonchev–Trinajstić information content (AvgIpc) is 2.43. The van der Waals surface area contributed by atoms with Gasteiger partial charge in [-0.3, -0.25) is 0 Å². The van der Waals surface area contributed by atoms with Gasteiger partial charge in [0.05, 0.1) is 0 Å². The summed E-state index contributed by atoms with van der Waals surface area (Å²) in [6.07, 6.45) is 0. The predicted molar refractivity (Wildman–Crippen MR) is 70.2 cm³/mol. The Morgan fingerprint density at radius 3 is 2.30 bits per heavy atom. The number of nitrogens with one attached hydrogen (secondary N) is 1. The first kappa shape index (κ1) is 14.4. The zero-order chi connectivity index (χ0) is 14.5. The Bertz CT molecular complexity index is 602. The van der Waals surface area contributed by atoms with Crippen LogP contribution < -0.4 is 10.1 Å². The third kappa shape index (κ3) is 3.11. The molecule has 0 fully saturated rings. The summed E-state index contributed by atoms with van der Waals surface area (Å²) in [6, 6.07) is 7.88. The van der Waals surface area contributed by atoms with Crippen LogP contribution in [0.4, 0.5) is 13.2 Å². The molecule has 1 N–H and O–H groups in total. The molecule has 0 amide bonds. The Labute approximate surface area is 115 Å². The third-order valence-electron chi connectivity index (χ3n) is 2.76. The summed E-state index contributed by atoms with van der Waals surface area (Å²) in [7, 11) is 0. The number of benzene rings is 2. The van der Waals surface area contributed by atoms with Crippen LogP contribution in [0.5, 0.6) is 11.5 Å². The van der Waals surface area contributed by atoms with Crippen molar-refractivity contribution in [1.82, 2.24) is 5.32 Å². The molecular formula is C15H14F3NO. The van der Waals surface area contributed by atoms with Crippen molar-refractivity contribution >= 4 is 0 Å². The lowest BCUT2D eigenvalue weighted by molar-refractivity contribution is 0.408. The second kappa shape index (κ2) is 6.43. The molecule has 20 heavy (non-hydrogen) atoms. The Balaban J connectivity index is 2.33. The fourth-order valence-electron chi connectivity index (χ4n) is 1.74. The molecule has 0 unspecified atom stereocenters. The van der Waals surface area contributed by atoms with E-state index in [4.69, 9.17) is 4.74 Å². The highest BCUT2D eigenvalue weighted by molar-refractivity contribution is 5.39. The first-order valence-corrected chi connectivity index (χ1v) is 6.23. The monoisotopic (exact) mass is 281 g/mol. The molecule has 2 aromatic rings. The Kier molecular flexibility index (Phi) is 4.63. The number of halogens is 3. The van der Waals surface area contributed by atoms with E-state index in [0.717, 1.165) is 6.07 Å². The molecule has 2 aromatic carbocycles. The van der Waals surface area contributed by atoms with Crippen molar-refractivity contribution in [2.75, 3.05) is 6.54 Å². The van der Waals surface area contributed by atoms with Gasteiger partial charge in [-0.25, -0.2) is 8.78 Å². The molecule has 0 saturated heterocycles. The number of rotatable bonds is 5. The van der Waals surface area contributed by atoms with Crippen LogP contribution in [0.3, 0.4) is 0 Å². The van der Waals surface area contributed by atoms with Crippen LogP contribution >= 0.6 is 0 Å². The van der Waals surface area contributed by atoms with E-state index in [1.54, 1.807) is 0 Å². The summed E-state index contributed by atoms with van der Waals surface area (Å²) in [5, 5.41) is 2.97. The van der Waals surface area contributed by atoms with E-state index in [1.807, 2.05) is 6.92 Å². The van der Waals surface area contributed by atoms with E-state index in [1.165, 1.54) is 30.3 Å². The lowest BCUT2D eigenvalue weighted by Gasteiger charge is -2.13. The molecule has 5 heteroatoms. The van der Waals surface area contributed by atoms with Crippen LogP contribution in [0.2, 0.25) is 0 Å². The molecule has 0 aliphatic rings. The van der Waals surface area contributed by atoms with Crippen LogP contribution in [0.15, 0.2) is 36.4 Å². The molecule has 0 heterocycles. The largest absolute Gasteiger partial charge is 0.454 e. The van der Waals surface area contributed by atoms with Gasteiger partial charge in [-0.15, -0.1) is 0 Å². The summed E-state index contributed by atoms with van der Waals surface area (Å²) >= 11 is 0. The van der Waals surface area contributed by atoms with E-state index >= 15 is 0 Å². The van der Waals surface area contributed by atoms with E-state index in [-0.39, 0.29) is 23.6 Å². The lowest BCUT2D eigenvalue weighted by atomic mass is 10.2. The van der Waals surface area contributed by atoms with Gasteiger partial charge in [-0.1, -0.05) is 19.1 Å². The molecule has 106 valence electrons. The number of hydrogen-bond acceptors (Lipinski definition) is 2. The molecule has 0 saturated carbocycles. The smallest absolute Gasteiger partial charge is 0.201 e. The molecule has 2 rings (SSSR count). The summed E-state index contributed by atoms with van der Waals surface area (Å²) in [5.41, 5.74) is 0.276. The van der Waals surface area contributed by atoms with Crippen LogP contribution in [0.1, 0.15) is 12.5 Å². The van der Waals surface area contributed by atoms with Gasteiger partial charge < -0.3 is 10.1 Å². The Hall–Kier alpha value is -2.01. The molecule has 0 aromatic heterocycles. The minimum Gasteiger partial charge on any atom is -0.454 e. The normalized spacial score (nSPS) is 10.6. The number of ether oxygens (including phenoxy) is 1. The molecule has 0 spiro atoms. The van der Waals surface area contributed by atoms with Crippen molar-refractivity contribution in [1.29, 1.82) is 0 Å². The third-order valence-corrected chi connectivity index (χ3v) is 2.76. The van der Waals surface area contributed by atoms with Gasteiger partial charge in [-0.2, -0.15) is 4.39 Å². The van der Waals surface area contributed by atoms with Gasteiger partial charge in [0, 0.05) is 12.1 Å².